The number of amides is 1. The Morgan fingerprint density at radius 3 is 2.59 bits per heavy atom. The molecule has 37 heavy (non-hydrogen) atoms. The summed E-state index contributed by atoms with van der Waals surface area (Å²) in [5.74, 6) is 0.466. The van der Waals surface area contributed by atoms with E-state index in [9.17, 15) is 10.1 Å². The van der Waals surface area contributed by atoms with E-state index in [4.69, 9.17) is 5.11 Å². The highest BCUT2D eigenvalue weighted by atomic mass is 16.3. The van der Waals surface area contributed by atoms with E-state index in [2.05, 4.69) is 41.5 Å². The molecule has 10 heteroatoms. The Hall–Kier alpha value is -3.91. The van der Waals surface area contributed by atoms with E-state index in [0.717, 1.165) is 69.1 Å². The van der Waals surface area contributed by atoms with Crippen LogP contribution >= 0.6 is 0 Å². The van der Waals surface area contributed by atoms with E-state index in [1.54, 1.807) is 30.6 Å². The lowest BCUT2D eigenvalue weighted by Crippen LogP contribution is -2.46. The van der Waals surface area contributed by atoms with Gasteiger partial charge in [-0.3, -0.25) is 19.6 Å². The van der Waals surface area contributed by atoms with Gasteiger partial charge in [-0.25, -0.2) is 9.97 Å². The molecule has 2 aromatic heterocycles. The number of carbonyl (C=O) groups excluding carboxylic acids is 1. The van der Waals surface area contributed by atoms with Crippen molar-refractivity contribution in [3.8, 4) is 17.3 Å². The number of pyridine rings is 1. The largest absolute Gasteiger partial charge is 0.395 e. The molecule has 1 amide bonds. The van der Waals surface area contributed by atoms with Gasteiger partial charge in [-0.15, -0.1) is 0 Å². The van der Waals surface area contributed by atoms with Crippen molar-refractivity contribution in [1.82, 2.24) is 24.8 Å². The van der Waals surface area contributed by atoms with Gasteiger partial charge in [0.2, 0.25) is 11.9 Å². The fourth-order valence-electron chi connectivity index (χ4n) is 4.33. The predicted octanol–water partition coefficient (Wildman–Crippen LogP) is 2.61. The second kappa shape index (κ2) is 11.4. The van der Waals surface area contributed by atoms with Crippen molar-refractivity contribution in [3.05, 3.63) is 60.0 Å². The lowest BCUT2D eigenvalue weighted by molar-refractivity contribution is -0.117. The number of rotatable bonds is 9. The van der Waals surface area contributed by atoms with Gasteiger partial charge in [-0.05, 0) is 43.2 Å². The van der Waals surface area contributed by atoms with E-state index < -0.39 is 0 Å². The van der Waals surface area contributed by atoms with Crippen molar-refractivity contribution in [2.45, 2.75) is 19.4 Å². The van der Waals surface area contributed by atoms with Gasteiger partial charge in [0.15, 0.2) is 0 Å². The zero-order valence-corrected chi connectivity index (χ0v) is 20.6. The van der Waals surface area contributed by atoms with Crippen LogP contribution in [0, 0.1) is 17.2 Å². The van der Waals surface area contributed by atoms with E-state index in [1.807, 2.05) is 18.2 Å². The normalized spacial score (nSPS) is 16.2. The predicted molar refractivity (Wildman–Crippen MR) is 140 cm³/mol. The minimum Gasteiger partial charge on any atom is -0.395 e. The zero-order valence-electron chi connectivity index (χ0n) is 20.6. The Labute approximate surface area is 216 Å². The lowest BCUT2D eigenvalue weighted by Gasteiger charge is -2.34. The molecule has 10 nitrogen and oxygen atoms in total. The molecular formula is C27H30N8O2. The maximum Gasteiger partial charge on any atom is 0.227 e. The van der Waals surface area contributed by atoms with Crippen LogP contribution in [0.3, 0.4) is 0 Å². The molecule has 2 fully saturated rings. The summed E-state index contributed by atoms with van der Waals surface area (Å²) in [5, 5.41) is 24.7. The fourth-order valence-corrected chi connectivity index (χ4v) is 4.33. The topological polar surface area (TPSA) is 130 Å². The first-order valence-corrected chi connectivity index (χ1v) is 12.6. The number of β-amino-alcohol motifs (C(OH)–C–C–N with tert-alkyl or cyclic N) is 1. The minimum absolute atomic E-state index is 0.0296. The molecule has 0 bridgehead atoms. The Balaban J connectivity index is 1.21. The summed E-state index contributed by atoms with van der Waals surface area (Å²) in [4.78, 5) is 30.3. The summed E-state index contributed by atoms with van der Waals surface area (Å²) in [7, 11) is 0. The molecule has 0 atom stereocenters. The van der Waals surface area contributed by atoms with Crippen LogP contribution in [0.15, 0.2) is 48.8 Å². The minimum atomic E-state index is -0.0296. The van der Waals surface area contributed by atoms with Gasteiger partial charge in [0.25, 0.3) is 0 Å². The van der Waals surface area contributed by atoms with Crippen molar-refractivity contribution in [2.75, 3.05) is 50.0 Å². The number of hydrogen-bond donors (Lipinski definition) is 3. The number of anilines is 3. The van der Waals surface area contributed by atoms with Crippen LogP contribution < -0.4 is 10.6 Å². The number of aliphatic hydroxyl groups excluding tert-OH is 1. The molecule has 1 aliphatic heterocycles. The molecule has 190 valence electrons. The number of carbonyl (C=O) groups is 1. The monoisotopic (exact) mass is 498 g/mol. The number of nitrogens with one attached hydrogen (secondary N) is 2. The third kappa shape index (κ3) is 6.46. The molecule has 0 radical (unpaired) electrons. The van der Waals surface area contributed by atoms with Crippen molar-refractivity contribution in [1.29, 1.82) is 5.26 Å². The van der Waals surface area contributed by atoms with Crippen molar-refractivity contribution in [2.24, 2.45) is 5.92 Å². The summed E-state index contributed by atoms with van der Waals surface area (Å²) in [5.41, 5.74) is 4.12. The maximum atomic E-state index is 12.1. The Morgan fingerprint density at radius 1 is 1.08 bits per heavy atom. The molecule has 1 aromatic carbocycles. The third-order valence-corrected chi connectivity index (χ3v) is 6.64. The third-order valence-electron chi connectivity index (χ3n) is 6.64. The van der Waals surface area contributed by atoms with Crippen LogP contribution in [0.4, 0.5) is 17.3 Å². The maximum absolute atomic E-state index is 12.1. The molecular weight excluding hydrogens is 468 g/mol. The second-order valence-corrected chi connectivity index (χ2v) is 9.41. The van der Waals surface area contributed by atoms with Crippen LogP contribution in [0.25, 0.3) is 11.3 Å². The van der Waals surface area contributed by atoms with Gasteiger partial charge in [0, 0.05) is 56.9 Å². The van der Waals surface area contributed by atoms with Crippen LogP contribution in [-0.2, 0) is 11.3 Å². The van der Waals surface area contributed by atoms with Crippen molar-refractivity contribution in [3.63, 3.8) is 0 Å². The summed E-state index contributed by atoms with van der Waals surface area (Å²) < 4.78 is 0. The summed E-state index contributed by atoms with van der Waals surface area (Å²) in [6, 6.07) is 13.2. The standard InChI is InChI=1S/C27H30N8O2/c28-16-21-15-20(3-6-24(21)32-26(37)19-1-2-19)25-7-8-29-27(33-25)31-22-4-5-23(30-17-22)18-35-11-9-34(10-12-35)13-14-36/h3-8,15,17,19,36H,1-2,9-14,18H2,(H,32,37)(H,29,31,33). The molecule has 3 heterocycles. The zero-order chi connectivity index (χ0) is 25.6. The van der Waals surface area contributed by atoms with E-state index in [0.29, 0.717) is 22.9 Å². The van der Waals surface area contributed by atoms with Gasteiger partial charge in [-0.2, -0.15) is 5.26 Å². The molecule has 5 rings (SSSR count). The highest BCUT2D eigenvalue weighted by Gasteiger charge is 2.30. The van der Waals surface area contributed by atoms with Gasteiger partial charge >= 0.3 is 0 Å². The number of nitriles is 1. The molecule has 3 N–H and O–H groups in total. The average molecular weight is 499 g/mol. The molecule has 3 aromatic rings. The first-order chi connectivity index (χ1) is 18.1. The van der Waals surface area contributed by atoms with Gasteiger partial charge in [-0.1, -0.05) is 6.07 Å². The summed E-state index contributed by atoms with van der Waals surface area (Å²) in [6.07, 6.45) is 5.25. The Morgan fingerprint density at radius 2 is 1.89 bits per heavy atom. The van der Waals surface area contributed by atoms with Crippen molar-refractivity contribution < 1.29 is 9.90 Å². The number of hydrogen-bond acceptors (Lipinski definition) is 9. The van der Waals surface area contributed by atoms with Gasteiger partial charge in [0.05, 0.1) is 41.1 Å². The summed E-state index contributed by atoms with van der Waals surface area (Å²) >= 11 is 0. The van der Waals surface area contributed by atoms with Crippen LogP contribution in [0.1, 0.15) is 24.1 Å². The number of nitrogens with zero attached hydrogens (tertiary/aromatic N) is 6. The van der Waals surface area contributed by atoms with Crippen LogP contribution in [-0.4, -0.2) is 75.1 Å². The van der Waals surface area contributed by atoms with E-state index in [-0.39, 0.29) is 18.4 Å². The number of aromatic nitrogens is 3. The van der Waals surface area contributed by atoms with Gasteiger partial charge < -0.3 is 15.7 Å². The van der Waals surface area contributed by atoms with Crippen LogP contribution in [0.2, 0.25) is 0 Å². The lowest BCUT2D eigenvalue weighted by atomic mass is 10.1. The number of benzene rings is 1. The smallest absolute Gasteiger partial charge is 0.227 e. The first-order valence-electron chi connectivity index (χ1n) is 12.6. The molecule has 1 saturated heterocycles. The molecule has 2 aliphatic rings. The molecule has 0 spiro atoms. The number of piperazine rings is 1. The Kier molecular flexibility index (Phi) is 7.65. The Bertz CT molecular complexity index is 1280. The van der Waals surface area contributed by atoms with Gasteiger partial charge in [0.1, 0.15) is 6.07 Å². The second-order valence-electron chi connectivity index (χ2n) is 9.41. The molecule has 1 saturated carbocycles. The molecule has 0 unspecified atom stereocenters. The summed E-state index contributed by atoms with van der Waals surface area (Å²) in [6.45, 7) is 5.57. The highest BCUT2D eigenvalue weighted by Crippen LogP contribution is 2.31. The average Bonchev–Trinajstić information content (AvgIpc) is 3.77. The number of aliphatic hydroxyl groups is 1. The van der Waals surface area contributed by atoms with E-state index >= 15 is 0 Å². The SMILES string of the molecule is N#Cc1cc(-c2ccnc(Nc3ccc(CN4CCN(CCO)CC4)nc3)n2)ccc1NC(=O)C1CC1. The van der Waals surface area contributed by atoms with Crippen molar-refractivity contribution >= 4 is 23.2 Å². The quantitative estimate of drug-likeness (QED) is 0.407. The first kappa shape index (κ1) is 24.8. The highest BCUT2D eigenvalue weighted by molar-refractivity contribution is 5.95. The molecule has 1 aliphatic carbocycles. The fraction of sp³-hybridized carbons (Fsp3) is 0.370. The van der Waals surface area contributed by atoms with E-state index in [1.165, 1.54) is 0 Å². The van der Waals surface area contributed by atoms with Crippen LogP contribution in [0.5, 0.6) is 0 Å².